The SMILES string of the molecule is Cn1nc(C2CCC(=O)NC2=O)c2ccc(N[C@H]3CCNC[C@H]3C(F)(F)F)cc21. The van der Waals surface area contributed by atoms with Crippen LogP contribution >= 0.6 is 0 Å². The summed E-state index contributed by atoms with van der Waals surface area (Å²) in [6, 6.07) is 4.53. The van der Waals surface area contributed by atoms with Gasteiger partial charge in [0.25, 0.3) is 0 Å². The zero-order chi connectivity index (χ0) is 20.8. The number of hydrogen-bond donors (Lipinski definition) is 3. The molecule has 1 unspecified atom stereocenters. The minimum atomic E-state index is -4.28. The van der Waals surface area contributed by atoms with Crippen molar-refractivity contribution in [2.24, 2.45) is 13.0 Å². The van der Waals surface area contributed by atoms with E-state index in [1.807, 2.05) is 0 Å². The molecule has 29 heavy (non-hydrogen) atoms. The molecule has 2 aliphatic rings. The van der Waals surface area contributed by atoms with Crippen molar-refractivity contribution in [2.45, 2.75) is 37.4 Å². The van der Waals surface area contributed by atoms with Crippen LogP contribution in [0.3, 0.4) is 0 Å². The van der Waals surface area contributed by atoms with Crippen LogP contribution in [0.1, 0.15) is 30.9 Å². The molecule has 0 bridgehead atoms. The second kappa shape index (κ2) is 7.33. The van der Waals surface area contributed by atoms with Crippen molar-refractivity contribution in [1.29, 1.82) is 0 Å². The van der Waals surface area contributed by atoms with E-state index in [9.17, 15) is 22.8 Å². The van der Waals surface area contributed by atoms with Crippen LogP contribution in [0.4, 0.5) is 18.9 Å². The van der Waals surface area contributed by atoms with Gasteiger partial charge in [-0.1, -0.05) is 0 Å². The first-order valence-corrected chi connectivity index (χ1v) is 9.58. The van der Waals surface area contributed by atoms with Gasteiger partial charge in [-0.2, -0.15) is 18.3 Å². The summed E-state index contributed by atoms with van der Waals surface area (Å²) >= 11 is 0. The van der Waals surface area contributed by atoms with Gasteiger partial charge in [-0.05, 0) is 37.6 Å². The predicted molar refractivity (Wildman–Crippen MR) is 100 cm³/mol. The average molecular weight is 409 g/mol. The fraction of sp³-hybridized carbons (Fsp3) is 0.526. The number of aromatic nitrogens is 2. The fourth-order valence-electron chi connectivity index (χ4n) is 4.18. The summed E-state index contributed by atoms with van der Waals surface area (Å²) in [6.07, 6.45) is -3.27. The van der Waals surface area contributed by atoms with E-state index in [0.717, 1.165) is 5.39 Å². The van der Waals surface area contributed by atoms with Gasteiger partial charge in [-0.25, -0.2) is 0 Å². The highest BCUT2D eigenvalue weighted by Gasteiger charge is 2.45. The van der Waals surface area contributed by atoms with Gasteiger partial charge in [-0.15, -0.1) is 0 Å². The lowest BCUT2D eigenvalue weighted by Gasteiger charge is -2.34. The second-order valence-electron chi connectivity index (χ2n) is 7.64. The smallest absolute Gasteiger partial charge is 0.382 e. The Labute approximate surface area is 165 Å². The molecule has 156 valence electrons. The number of benzene rings is 1. The van der Waals surface area contributed by atoms with Gasteiger partial charge in [0.05, 0.1) is 23.0 Å². The van der Waals surface area contributed by atoms with E-state index in [1.54, 1.807) is 29.9 Å². The standard InChI is InChI=1S/C19H22F3N5O2/c1-27-15-8-10(24-14-6-7-23-9-13(14)19(20,21)22)2-3-11(15)17(26-27)12-4-5-16(28)25-18(12)29/h2-3,8,12-14,23-24H,4-7,9H2,1H3,(H,25,28,29)/t12?,13-,14+/m1/s1. The van der Waals surface area contributed by atoms with E-state index in [2.05, 4.69) is 21.0 Å². The van der Waals surface area contributed by atoms with E-state index in [4.69, 9.17) is 0 Å². The molecular weight excluding hydrogens is 387 g/mol. The van der Waals surface area contributed by atoms with Crippen molar-refractivity contribution in [3.05, 3.63) is 23.9 Å². The Kier molecular flexibility index (Phi) is 4.97. The van der Waals surface area contributed by atoms with Crippen LogP contribution in [0.25, 0.3) is 10.9 Å². The number of carbonyl (C=O) groups excluding carboxylic acids is 2. The molecule has 7 nitrogen and oxygen atoms in total. The maximum atomic E-state index is 13.3. The molecule has 0 spiro atoms. The average Bonchev–Trinajstić information content (AvgIpc) is 2.97. The number of piperidine rings is 2. The predicted octanol–water partition coefficient (Wildman–Crippen LogP) is 2.05. The molecule has 4 rings (SSSR count). The third-order valence-electron chi connectivity index (χ3n) is 5.70. The molecule has 0 saturated carbocycles. The molecule has 2 fully saturated rings. The highest BCUT2D eigenvalue weighted by atomic mass is 19.4. The van der Waals surface area contributed by atoms with Gasteiger partial charge < -0.3 is 10.6 Å². The molecule has 0 aliphatic carbocycles. The summed E-state index contributed by atoms with van der Waals surface area (Å²) in [5.74, 6) is -2.64. The second-order valence-corrected chi connectivity index (χ2v) is 7.64. The first kappa shape index (κ1) is 19.7. The minimum Gasteiger partial charge on any atom is -0.382 e. The molecule has 3 atom stereocenters. The number of rotatable bonds is 3. The fourth-order valence-corrected chi connectivity index (χ4v) is 4.18. The Bertz CT molecular complexity index is 955. The van der Waals surface area contributed by atoms with Crippen LogP contribution in [-0.2, 0) is 16.6 Å². The largest absolute Gasteiger partial charge is 0.394 e. The van der Waals surface area contributed by atoms with Gasteiger partial charge in [-0.3, -0.25) is 19.6 Å². The number of nitrogens with one attached hydrogen (secondary N) is 3. The first-order valence-electron chi connectivity index (χ1n) is 9.58. The lowest BCUT2D eigenvalue weighted by molar-refractivity contribution is -0.180. The number of aryl methyl sites for hydroxylation is 1. The first-order chi connectivity index (χ1) is 13.7. The van der Waals surface area contributed by atoms with Crippen LogP contribution in [0.5, 0.6) is 0 Å². The Morgan fingerprint density at radius 3 is 2.76 bits per heavy atom. The van der Waals surface area contributed by atoms with Crippen molar-refractivity contribution >= 4 is 28.4 Å². The Hall–Kier alpha value is -2.62. The molecule has 2 amide bonds. The molecular formula is C19H22F3N5O2. The molecule has 0 radical (unpaired) electrons. The topological polar surface area (TPSA) is 88.0 Å². The van der Waals surface area contributed by atoms with Crippen LogP contribution in [-0.4, -0.2) is 46.9 Å². The number of alkyl halides is 3. The maximum Gasteiger partial charge on any atom is 0.394 e. The number of halogens is 3. The van der Waals surface area contributed by atoms with Gasteiger partial charge in [0.1, 0.15) is 0 Å². The summed E-state index contributed by atoms with van der Waals surface area (Å²) in [5.41, 5.74) is 1.87. The molecule has 1 aromatic carbocycles. The van der Waals surface area contributed by atoms with Crippen LogP contribution in [0.15, 0.2) is 18.2 Å². The highest BCUT2D eigenvalue weighted by Crippen LogP contribution is 2.35. The summed E-state index contributed by atoms with van der Waals surface area (Å²) in [6.45, 7) is 0.423. The summed E-state index contributed by atoms with van der Waals surface area (Å²) in [4.78, 5) is 23.6. The normalized spacial score (nSPS) is 25.9. The van der Waals surface area contributed by atoms with E-state index in [-0.39, 0.29) is 24.8 Å². The molecule has 2 aromatic rings. The Morgan fingerprint density at radius 1 is 1.24 bits per heavy atom. The van der Waals surface area contributed by atoms with E-state index in [1.165, 1.54) is 0 Å². The van der Waals surface area contributed by atoms with Gasteiger partial charge >= 0.3 is 6.18 Å². The van der Waals surface area contributed by atoms with Crippen LogP contribution in [0, 0.1) is 5.92 Å². The Morgan fingerprint density at radius 2 is 2.03 bits per heavy atom. The molecule has 3 N–H and O–H groups in total. The number of nitrogens with zero attached hydrogens (tertiary/aromatic N) is 2. The summed E-state index contributed by atoms with van der Waals surface area (Å²) < 4.78 is 41.6. The quantitative estimate of drug-likeness (QED) is 0.676. The van der Waals surface area contributed by atoms with E-state index in [0.29, 0.717) is 36.3 Å². The monoisotopic (exact) mass is 409 g/mol. The molecule has 10 heteroatoms. The lowest BCUT2D eigenvalue weighted by atomic mass is 9.92. The minimum absolute atomic E-state index is 0.102. The van der Waals surface area contributed by atoms with E-state index >= 15 is 0 Å². The van der Waals surface area contributed by atoms with Crippen LogP contribution in [0.2, 0.25) is 0 Å². The van der Waals surface area contributed by atoms with Crippen molar-refractivity contribution < 1.29 is 22.8 Å². The van der Waals surface area contributed by atoms with Crippen LogP contribution < -0.4 is 16.0 Å². The number of carbonyl (C=O) groups is 2. The highest BCUT2D eigenvalue weighted by molar-refractivity contribution is 6.02. The molecule has 3 heterocycles. The number of amides is 2. The van der Waals surface area contributed by atoms with Crippen molar-refractivity contribution in [3.8, 4) is 0 Å². The molecule has 2 saturated heterocycles. The number of fused-ring (bicyclic) bond motifs is 1. The van der Waals surface area contributed by atoms with Gasteiger partial charge in [0.15, 0.2) is 0 Å². The molecule has 1 aromatic heterocycles. The summed E-state index contributed by atoms with van der Waals surface area (Å²) in [7, 11) is 1.73. The third-order valence-corrected chi connectivity index (χ3v) is 5.70. The maximum absolute atomic E-state index is 13.3. The summed E-state index contributed by atoms with van der Waals surface area (Å²) in [5, 5.41) is 13.4. The zero-order valence-corrected chi connectivity index (χ0v) is 15.8. The lowest BCUT2D eigenvalue weighted by Crippen LogP contribution is -2.50. The van der Waals surface area contributed by atoms with Gasteiger partial charge in [0, 0.05) is 37.1 Å². The van der Waals surface area contributed by atoms with Crippen molar-refractivity contribution in [1.82, 2.24) is 20.4 Å². The Balaban J connectivity index is 1.61. The third kappa shape index (κ3) is 3.81. The zero-order valence-electron chi connectivity index (χ0n) is 15.8. The van der Waals surface area contributed by atoms with Gasteiger partial charge in [0.2, 0.25) is 11.8 Å². The van der Waals surface area contributed by atoms with Crippen molar-refractivity contribution in [3.63, 3.8) is 0 Å². The molecule has 2 aliphatic heterocycles. The van der Waals surface area contributed by atoms with Crippen molar-refractivity contribution in [2.75, 3.05) is 18.4 Å². The number of anilines is 1. The number of hydrogen-bond acceptors (Lipinski definition) is 5. The number of imide groups is 1. The van der Waals surface area contributed by atoms with E-state index < -0.39 is 24.1 Å².